The van der Waals surface area contributed by atoms with Crippen LogP contribution in [0.3, 0.4) is 0 Å². The Morgan fingerprint density at radius 2 is 1.70 bits per heavy atom. The van der Waals surface area contributed by atoms with Gasteiger partial charge in [-0.15, -0.1) is 12.4 Å². The standard InChI is InChI=1S/C19H25NO.C3H6O2.ClH/c1-2-3-13-20-14-11-19(21,12-15-20)18-10-6-8-16-7-4-5-9-17(16)18;1-2-3(4)5;/h4-10,21H,2-3,11-15H2,1H3;2H2,1H3,(H,4,5);1H/p-1. The number of aliphatic carboxylic acids is 1. The van der Waals surface area contributed by atoms with Crippen LogP contribution in [0.2, 0.25) is 0 Å². The highest BCUT2D eigenvalue weighted by Gasteiger charge is 2.34. The first-order chi connectivity index (χ1) is 12.5. The first-order valence-corrected chi connectivity index (χ1v) is 9.63. The number of carbonyl (C=O) groups is 1. The van der Waals surface area contributed by atoms with Crippen molar-refractivity contribution in [3.05, 3.63) is 48.0 Å². The van der Waals surface area contributed by atoms with E-state index in [4.69, 9.17) is 0 Å². The van der Waals surface area contributed by atoms with E-state index in [0.717, 1.165) is 31.5 Å². The summed E-state index contributed by atoms with van der Waals surface area (Å²) in [6, 6.07) is 14.7. The van der Waals surface area contributed by atoms with Crippen LogP contribution in [0.1, 0.15) is 51.5 Å². The number of hydrogen-bond donors (Lipinski definition) is 1. The summed E-state index contributed by atoms with van der Waals surface area (Å²) in [6.07, 6.45) is 4.28. The number of fused-ring (bicyclic) bond motifs is 1. The van der Waals surface area contributed by atoms with Gasteiger partial charge in [-0.3, -0.25) is 0 Å². The molecule has 0 radical (unpaired) electrons. The normalized spacial score (nSPS) is 16.1. The molecule has 2 aromatic rings. The fourth-order valence-corrected chi connectivity index (χ4v) is 3.43. The second-order valence-electron chi connectivity index (χ2n) is 6.98. The smallest absolute Gasteiger partial charge is 0.0926 e. The fraction of sp³-hybridized carbons (Fsp3) is 0.500. The van der Waals surface area contributed by atoms with Crippen LogP contribution < -0.4 is 5.11 Å². The molecule has 0 amide bonds. The zero-order valence-corrected chi connectivity index (χ0v) is 17.1. The molecule has 0 aromatic heterocycles. The van der Waals surface area contributed by atoms with Crippen molar-refractivity contribution in [3.63, 3.8) is 0 Å². The number of carboxylic acids is 1. The zero-order valence-electron chi connectivity index (χ0n) is 16.3. The molecule has 0 bridgehead atoms. The van der Waals surface area contributed by atoms with Gasteiger partial charge in [0.05, 0.1) is 5.60 Å². The Hall–Kier alpha value is -1.62. The monoisotopic (exact) mass is 392 g/mol. The number of aliphatic hydroxyl groups is 1. The number of carboxylic acid groups (broad SMARTS) is 1. The fourth-order valence-electron chi connectivity index (χ4n) is 3.43. The summed E-state index contributed by atoms with van der Waals surface area (Å²) in [5.74, 6) is -0.995. The SMILES string of the molecule is CCC(=O)[O-].CCCCN1CCC(O)(c2cccc3ccccc23)CC1.Cl. The third-order valence-corrected chi connectivity index (χ3v) is 5.09. The van der Waals surface area contributed by atoms with E-state index in [2.05, 4.69) is 54.3 Å². The number of benzene rings is 2. The molecular weight excluding hydrogens is 362 g/mol. The van der Waals surface area contributed by atoms with Crippen LogP contribution in [-0.4, -0.2) is 35.6 Å². The molecule has 1 N–H and O–H groups in total. The van der Waals surface area contributed by atoms with Gasteiger partial charge in [-0.2, -0.15) is 0 Å². The van der Waals surface area contributed by atoms with Crippen LogP contribution in [0.4, 0.5) is 0 Å². The molecule has 0 atom stereocenters. The average molecular weight is 393 g/mol. The van der Waals surface area contributed by atoms with E-state index < -0.39 is 11.6 Å². The third-order valence-electron chi connectivity index (χ3n) is 5.09. The van der Waals surface area contributed by atoms with E-state index in [1.54, 1.807) is 0 Å². The first kappa shape index (κ1) is 23.4. The summed E-state index contributed by atoms with van der Waals surface area (Å²) < 4.78 is 0. The number of nitrogens with zero attached hydrogens (tertiary/aromatic N) is 1. The van der Waals surface area contributed by atoms with E-state index in [1.807, 2.05) is 0 Å². The van der Waals surface area contributed by atoms with Crippen LogP contribution in [0.25, 0.3) is 10.8 Å². The van der Waals surface area contributed by atoms with Gasteiger partial charge in [-0.05, 0) is 48.6 Å². The van der Waals surface area contributed by atoms with Gasteiger partial charge in [0.15, 0.2) is 0 Å². The summed E-state index contributed by atoms with van der Waals surface area (Å²) in [7, 11) is 0. The molecule has 4 nitrogen and oxygen atoms in total. The summed E-state index contributed by atoms with van der Waals surface area (Å²) in [4.78, 5) is 11.7. The number of hydrogen-bond acceptors (Lipinski definition) is 4. The maximum Gasteiger partial charge on any atom is 0.0926 e. The highest BCUT2D eigenvalue weighted by molar-refractivity contribution is 5.86. The molecule has 5 heteroatoms. The molecule has 2 aromatic carbocycles. The summed E-state index contributed by atoms with van der Waals surface area (Å²) in [5, 5.41) is 22.8. The van der Waals surface area contributed by atoms with Crippen LogP contribution >= 0.6 is 12.4 Å². The van der Waals surface area contributed by atoms with Gasteiger partial charge >= 0.3 is 0 Å². The molecule has 1 fully saturated rings. The van der Waals surface area contributed by atoms with Crippen molar-refractivity contribution in [2.24, 2.45) is 0 Å². The maximum atomic E-state index is 11.2. The summed E-state index contributed by atoms with van der Waals surface area (Å²) in [5.41, 5.74) is 0.444. The van der Waals surface area contributed by atoms with E-state index in [0.29, 0.717) is 0 Å². The number of piperidine rings is 1. The first-order valence-electron chi connectivity index (χ1n) is 9.63. The minimum atomic E-state index is -0.995. The Kier molecular flexibility index (Phi) is 9.78. The Bertz CT molecular complexity index is 706. The van der Waals surface area contributed by atoms with Crippen LogP contribution in [-0.2, 0) is 10.4 Å². The molecule has 150 valence electrons. The lowest BCUT2D eigenvalue weighted by Gasteiger charge is -2.39. The molecule has 1 heterocycles. The van der Waals surface area contributed by atoms with Crippen molar-refractivity contribution in [1.82, 2.24) is 4.90 Å². The largest absolute Gasteiger partial charge is 0.550 e. The Balaban J connectivity index is 0.000000542. The molecular formula is C22H31ClNO3-. The number of carbonyl (C=O) groups excluding carboxylic acids is 1. The van der Waals surface area contributed by atoms with E-state index >= 15 is 0 Å². The van der Waals surface area contributed by atoms with Crippen molar-refractivity contribution >= 4 is 29.1 Å². The van der Waals surface area contributed by atoms with Crippen molar-refractivity contribution < 1.29 is 15.0 Å². The van der Waals surface area contributed by atoms with Gasteiger partial charge < -0.3 is 19.9 Å². The number of halogens is 1. The number of likely N-dealkylation sites (tertiary alicyclic amines) is 1. The maximum absolute atomic E-state index is 11.2. The molecule has 1 saturated heterocycles. The van der Waals surface area contributed by atoms with Crippen LogP contribution in [0.5, 0.6) is 0 Å². The molecule has 3 rings (SSSR count). The van der Waals surface area contributed by atoms with Gasteiger partial charge in [0.25, 0.3) is 0 Å². The van der Waals surface area contributed by atoms with E-state index in [-0.39, 0.29) is 18.8 Å². The lowest BCUT2D eigenvalue weighted by atomic mass is 9.82. The second kappa shape index (κ2) is 11.3. The van der Waals surface area contributed by atoms with Crippen molar-refractivity contribution in [1.29, 1.82) is 0 Å². The minimum absolute atomic E-state index is 0. The van der Waals surface area contributed by atoms with E-state index in [9.17, 15) is 15.0 Å². The predicted octanol–water partition coefficient (Wildman–Crippen LogP) is 3.49. The molecule has 1 aliphatic rings. The summed E-state index contributed by atoms with van der Waals surface area (Å²) >= 11 is 0. The van der Waals surface area contributed by atoms with E-state index in [1.165, 1.54) is 37.1 Å². The van der Waals surface area contributed by atoms with Crippen LogP contribution in [0, 0.1) is 0 Å². The zero-order chi connectivity index (χ0) is 19.0. The Labute approximate surface area is 168 Å². The molecule has 0 saturated carbocycles. The third kappa shape index (κ3) is 6.49. The van der Waals surface area contributed by atoms with Crippen molar-refractivity contribution in [2.75, 3.05) is 19.6 Å². The minimum Gasteiger partial charge on any atom is -0.550 e. The molecule has 0 spiro atoms. The van der Waals surface area contributed by atoms with Crippen molar-refractivity contribution in [3.8, 4) is 0 Å². The topological polar surface area (TPSA) is 63.6 Å². The lowest BCUT2D eigenvalue weighted by Crippen LogP contribution is -2.42. The average Bonchev–Trinajstić information content (AvgIpc) is 2.67. The lowest BCUT2D eigenvalue weighted by molar-refractivity contribution is -0.305. The molecule has 0 aliphatic carbocycles. The molecule has 1 aliphatic heterocycles. The highest BCUT2D eigenvalue weighted by Crippen LogP contribution is 2.36. The second-order valence-corrected chi connectivity index (χ2v) is 6.98. The van der Waals surface area contributed by atoms with Crippen LogP contribution in [0.15, 0.2) is 42.5 Å². The predicted molar refractivity (Wildman–Crippen MR) is 111 cm³/mol. The van der Waals surface area contributed by atoms with Gasteiger partial charge in [0.1, 0.15) is 0 Å². The molecule has 0 unspecified atom stereocenters. The van der Waals surface area contributed by atoms with Gasteiger partial charge in [-0.25, -0.2) is 0 Å². The quantitative estimate of drug-likeness (QED) is 0.845. The molecule has 27 heavy (non-hydrogen) atoms. The Morgan fingerprint density at radius 1 is 1.11 bits per heavy atom. The van der Waals surface area contributed by atoms with Gasteiger partial charge in [-0.1, -0.05) is 62.7 Å². The highest BCUT2D eigenvalue weighted by atomic mass is 35.5. The Morgan fingerprint density at radius 3 is 2.30 bits per heavy atom. The van der Waals surface area contributed by atoms with Gasteiger partial charge in [0.2, 0.25) is 0 Å². The summed E-state index contributed by atoms with van der Waals surface area (Å²) in [6.45, 7) is 6.94. The van der Waals surface area contributed by atoms with Crippen molar-refractivity contribution in [2.45, 2.75) is 51.6 Å². The number of unbranched alkanes of at least 4 members (excludes halogenated alkanes) is 1. The number of rotatable bonds is 5. The van der Waals surface area contributed by atoms with Gasteiger partial charge in [0, 0.05) is 19.1 Å².